The Bertz CT molecular complexity index is 1080. The number of fused-ring (bicyclic) bond motifs is 1. The van der Waals surface area contributed by atoms with Gasteiger partial charge in [-0.1, -0.05) is 6.07 Å². The minimum atomic E-state index is -0.0892. The van der Waals surface area contributed by atoms with Crippen molar-refractivity contribution in [2.45, 2.75) is 38.3 Å². The van der Waals surface area contributed by atoms with E-state index in [1.165, 1.54) is 16.9 Å². The van der Waals surface area contributed by atoms with Crippen molar-refractivity contribution in [1.82, 2.24) is 19.8 Å². The number of carbonyl (C=O) groups is 1. The van der Waals surface area contributed by atoms with Crippen LogP contribution in [0.2, 0.25) is 0 Å². The molecule has 5 rings (SSSR count). The molecule has 30 heavy (non-hydrogen) atoms. The normalized spacial score (nSPS) is 19.6. The summed E-state index contributed by atoms with van der Waals surface area (Å²) in [6, 6.07) is 5.89. The topological polar surface area (TPSA) is 69.3 Å². The van der Waals surface area contributed by atoms with Gasteiger partial charge in [-0.2, -0.15) is 11.3 Å². The van der Waals surface area contributed by atoms with Crippen LogP contribution in [0, 0.1) is 0 Å². The van der Waals surface area contributed by atoms with Gasteiger partial charge in [0.1, 0.15) is 5.82 Å². The predicted molar refractivity (Wildman–Crippen MR) is 119 cm³/mol. The Hall–Kier alpha value is -2.29. The second kappa shape index (κ2) is 8.45. The van der Waals surface area contributed by atoms with Gasteiger partial charge in [0.05, 0.1) is 22.7 Å². The Morgan fingerprint density at radius 2 is 2.20 bits per heavy atom. The molecule has 156 valence electrons. The highest BCUT2D eigenvalue weighted by atomic mass is 32.1. The van der Waals surface area contributed by atoms with Crippen molar-refractivity contribution in [3.8, 4) is 0 Å². The summed E-state index contributed by atoms with van der Waals surface area (Å²) < 4.78 is 0. The molecule has 3 aromatic rings. The van der Waals surface area contributed by atoms with E-state index >= 15 is 0 Å². The molecule has 1 amide bonds. The molecule has 0 radical (unpaired) electrons. The lowest BCUT2D eigenvalue weighted by Gasteiger charge is -2.33. The Balaban J connectivity index is 1.32. The van der Waals surface area contributed by atoms with Crippen molar-refractivity contribution in [3.05, 3.63) is 72.2 Å². The summed E-state index contributed by atoms with van der Waals surface area (Å²) in [5, 5.41) is 6.22. The number of thiophene rings is 2. The monoisotopic (exact) mass is 440 g/mol. The van der Waals surface area contributed by atoms with Gasteiger partial charge < -0.3 is 9.88 Å². The van der Waals surface area contributed by atoms with Gasteiger partial charge in [0.25, 0.3) is 11.5 Å². The minimum absolute atomic E-state index is 0.00419. The van der Waals surface area contributed by atoms with Crippen LogP contribution in [0.15, 0.2) is 39.1 Å². The third-order valence-electron chi connectivity index (χ3n) is 5.98. The SMILES string of the molecule is O=C(c1cccs1)N1CCc2nc([C@@H]3CCCN(Cc4ccsc4)C3)[nH]c(=O)c2C1. The fraction of sp³-hybridized carbons (Fsp3) is 0.409. The number of piperidine rings is 1. The number of hydrogen-bond acceptors (Lipinski definition) is 6. The van der Waals surface area contributed by atoms with E-state index < -0.39 is 0 Å². The molecule has 0 bridgehead atoms. The lowest BCUT2D eigenvalue weighted by molar-refractivity contribution is 0.0737. The van der Waals surface area contributed by atoms with E-state index in [2.05, 4.69) is 26.7 Å². The van der Waals surface area contributed by atoms with E-state index in [0.717, 1.165) is 44.0 Å². The van der Waals surface area contributed by atoms with Gasteiger partial charge in [0.2, 0.25) is 0 Å². The molecule has 1 N–H and O–H groups in total. The lowest BCUT2D eigenvalue weighted by Crippen LogP contribution is -2.40. The Labute approximate surface area is 183 Å². The third-order valence-corrected chi connectivity index (χ3v) is 7.57. The fourth-order valence-electron chi connectivity index (χ4n) is 4.43. The van der Waals surface area contributed by atoms with Crippen LogP contribution >= 0.6 is 22.7 Å². The summed E-state index contributed by atoms with van der Waals surface area (Å²) in [7, 11) is 0. The van der Waals surface area contributed by atoms with E-state index in [1.54, 1.807) is 16.2 Å². The number of aromatic nitrogens is 2. The van der Waals surface area contributed by atoms with Gasteiger partial charge >= 0.3 is 0 Å². The van der Waals surface area contributed by atoms with Crippen LogP contribution < -0.4 is 5.56 Å². The number of rotatable bonds is 4. The highest BCUT2D eigenvalue weighted by Crippen LogP contribution is 2.27. The summed E-state index contributed by atoms with van der Waals surface area (Å²) in [6.07, 6.45) is 2.79. The van der Waals surface area contributed by atoms with Crippen molar-refractivity contribution >= 4 is 28.6 Å². The molecular weight excluding hydrogens is 416 g/mol. The van der Waals surface area contributed by atoms with Gasteiger partial charge in [0, 0.05) is 32.0 Å². The van der Waals surface area contributed by atoms with E-state index in [9.17, 15) is 9.59 Å². The maximum absolute atomic E-state index is 12.9. The standard InChI is InChI=1S/C22H24N4O2S2/c27-21-17-13-26(22(28)19-4-2-9-30-19)8-5-18(17)23-20(24-21)16-3-1-7-25(12-16)11-15-6-10-29-14-15/h2,4,6,9-10,14,16H,1,3,5,7-8,11-13H2,(H,23,24,27)/t16-/m1/s1. The first-order valence-electron chi connectivity index (χ1n) is 10.4. The van der Waals surface area contributed by atoms with Crippen LogP contribution in [-0.2, 0) is 19.5 Å². The summed E-state index contributed by atoms with van der Waals surface area (Å²) in [5.41, 5.74) is 2.76. The van der Waals surface area contributed by atoms with Crippen LogP contribution in [0.4, 0.5) is 0 Å². The average molecular weight is 441 g/mol. The number of hydrogen-bond donors (Lipinski definition) is 1. The maximum atomic E-state index is 12.9. The van der Waals surface area contributed by atoms with E-state index in [-0.39, 0.29) is 17.4 Å². The average Bonchev–Trinajstić information content (AvgIpc) is 3.48. The van der Waals surface area contributed by atoms with Crippen LogP contribution in [0.5, 0.6) is 0 Å². The van der Waals surface area contributed by atoms with Gasteiger partial charge in [-0.05, 0) is 53.2 Å². The minimum Gasteiger partial charge on any atom is -0.333 e. The van der Waals surface area contributed by atoms with E-state index in [4.69, 9.17) is 4.98 Å². The first kappa shape index (κ1) is 19.7. The summed E-state index contributed by atoms with van der Waals surface area (Å²) >= 11 is 3.17. The number of amides is 1. The molecule has 0 unspecified atom stereocenters. The molecule has 1 saturated heterocycles. The molecule has 2 aliphatic heterocycles. The highest BCUT2D eigenvalue weighted by Gasteiger charge is 2.28. The second-order valence-corrected chi connectivity index (χ2v) is 9.76. The van der Waals surface area contributed by atoms with Gasteiger partial charge in [-0.25, -0.2) is 4.98 Å². The van der Waals surface area contributed by atoms with Crippen molar-refractivity contribution in [1.29, 1.82) is 0 Å². The number of carbonyl (C=O) groups excluding carboxylic acids is 1. The van der Waals surface area contributed by atoms with Crippen LogP contribution in [0.1, 0.15) is 51.1 Å². The van der Waals surface area contributed by atoms with Crippen LogP contribution in [0.3, 0.4) is 0 Å². The zero-order valence-corrected chi connectivity index (χ0v) is 18.3. The smallest absolute Gasteiger partial charge is 0.264 e. The number of nitrogens with one attached hydrogen (secondary N) is 1. The molecule has 1 atom stereocenters. The quantitative estimate of drug-likeness (QED) is 0.675. The molecule has 5 heterocycles. The van der Waals surface area contributed by atoms with Crippen molar-refractivity contribution in [2.24, 2.45) is 0 Å². The van der Waals surface area contributed by atoms with Gasteiger partial charge in [-0.3, -0.25) is 14.5 Å². The largest absolute Gasteiger partial charge is 0.333 e. The first-order chi connectivity index (χ1) is 14.7. The molecule has 2 aliphatic rings. The second-order valence-electron chi connectivity index (χ2n) is 8.04. The zero-order valence-electron chi connectivity index (χ0n) is 16.7. The van der Waals surface area contributed by atoms with E-state index in [0.29, 0.717) is 30.0 Å². The molecular formula is C22H24N4O2S2. The van der Waals surface area contributed by atoms with Gasteiger partial charge in [-0.15, -0.1) is 11.3 Å². The maximum Gasteiger partial charge on any atom is 0.264 e. The summed E-state index contributed by atoms with van der Waals surface area (Å²) in [5.74, 6) is 1.06. The molecule has 1 fully saturated rings. The van der Waals surface area contributed by atoms with E-state index in [1.807, 2.05) is 17.5 Å². The summed E-state index contributed by atoms with van der Waals surface area (Å²) in [6.45, 7) is 3.90. The number of likely N-dealkylation sites (tertiary alicyclic amines) is 1. The van der Waals surface area contributed by atoms with Crippen LogP contribution in [0.25, 0.3) is 0 Å². The van der Waals surface area contributed by atoms with Crippen molar-refractivity contribution in [3.63, 3.8) is 0 Å². The van der Waals surface area contributed by atoms with Gasteiger partial charge in [0.15, 0.2) is 0 Å². The Kier molecular flexibility index (Phi) is 5.54. The Morgan fingerprint density at radius 1 is 1.27 bits per heavy atom. The molecule has 0 spiro atoms. The number of nitrogens with zero attached hydrogens (tertiary/aromatic N) is 3. The van der Waals surface area contributed by atoms with Crippen molar-refractivity contribution in [2.75, 3.05) is 19.6 Å². The number of aromatic amines is 1. The molecule has 0 saturated carbocycles. The third kappa shape index (κ3) is 3.99. The van der Waals surface area contributed by atoms with Crippen LogP contribution in [-0.4, -0.2) is 45.3 Å². The lowest BCUT2D eigenvalue weighted by atomic mass is 9.96. The molecule has 0 aromatic carbocycles. The first-order valence-corrected chi connectivity index (χ1v) is 12.2. The van der Waals surface area contributed by atoms with Crippen molar-refractivity contribution < 1.29 is 4.79 Å². The molecule has 8 heteroatoms. The predicted octanol–water partition coefficient (Wildman–Crippen LogP) is 3.47. The fourth-order valence-corrected chi connectivity index (χ4v) is 5.78. The Morgan fingerprint density at radius 3 is 3.00 bits per heavy atom. The summed E-state index contributed by atoms with van der Waals surface area (Å²) in [4.78, 5) is 38.4. The highest BCUT2D eigenvalue weighted by molar-refractivity contribution is 7.12. The molecule has 0 aliphatic carbocycles. The number of H-pyrrole nitrogens is 1. The zero-order chi connectivity index (χ0) is 20.5. The molecule has 6 nitrogen and oxygen atoms in total. The molecule has 3 aromatic heterocycles.